The molecule has 1 fully saturated rings. The third-order valence-corrected chi connectivity index (χ3v) is 6.56. The molecule has 1 amide bonds. The Morgan fingerprint density at radius 3 is 2.79 bits per heavy atom. The van der Waals surface area contributed by atoms with Gasteiger partial charge in [-0.15, -0.1) is 0 Å². The van der Waals surface area contributed by atoms with E-state index in [1.165, 1.54) is 11.1 Å². The van der Waals surface area contributed by atoms with E-state index in [-0.39, 0.29) is 11.8 Å². The van der Waals surface area contributed by atoms with Crippen LogP contribution in [-0.2, 0) is 17.1 Å². The molecule has 150 valence electrons. The summed E-state index contributed by atoms with van der Waals surface area (Å²) in [6.45, 7) is 5.49. The highest BCUT2D eigenvalue weighted by Gasteiger charge is 2.25. The van der Waals surface area contributed by atoms with Gasteiger partial charge >= 0.3 is 0 Å². The maximum atomic E-state index is 12.6. The standard InChI is InChI=1S/C23H29ClN2OS/c1-18-8-10-19(11-9-18)17-28-14-12-25-23(27)21-6-4-13-26(16-21)15-20-5-2-3-7-22(20)24/h2-3,5,7-11,21H,4,6,12-17H2,1H3,(H,25,27)/t21-/m0/s1. The van der Waals surface area contributed by atoms with Crippen molar-refractivity contribution in [3.05, 3.63) is 70.2 Å². The Hall–Kier alpha value is -1.49. The number of rotatable bonds is 8. The zero-order chi connectivity index (χ0) is 19.8. The van der Waals surface area contributed by atoms with Crippen molar-refractivity contribution in [3.8, 4) is 0 Å². The number of likely N-dealkylation sites (tertiary alicyclic amines) is 1. The maximum absolute atomic E-state index is 12.6. The van der Waals surface area contributed by atoms with E-state index >= 15 is 0 Å². The average molecular weight is 417 g/mol. The number of carbonyl (C=O) groups is 1. The highest BCUT2D eigenvalue weighted by Crippen LogP contribution is 2.22. The lowest BCUT2D eigenvalue weighted by atomic mass is 9.96. The highest BCUT2D eigenvalue weighted by atomic mass is 35.5. The summed E-state index contributed by atoms with van der Waals surface area (Å²) >= 11 is 8.15. The van der Waals surface area contributed by atoms with E-state index in [0.717, 1.165) is 61.1 Å². The number of aryl methyl sites for hydroxylation is 1. The van der Waals surface area contributed by atoms with Crippen molar-refractivity contribution in [2.75, 3.05) is 25.4 Å². The van der Waals surface area contributed by atoms with Crippen molar-refractivity contribution in [2.45, 2.75) is 32.1 Å². The predicted molar refractivity (Wildman–Crippen MR) is 120 cm³/mol. The predicted octanol–water partition coefficient (Wildman–Crippen LogP) is 4.91. The summed E-state index contributed by atoms with van der Waals surface area (Å²) in [6.07, 6.45) is 2.03. The van der Waals surface area contributed by atoms with Crippen LogP contribution in [0.1, 0.15) is 29.5 Å². The van der Waals surface area contributed by atoms with Crippen LogP contribution in [0.5, 0.6) is 0 Å². The number of nitrogens with one attached hydrogen (secondary N) is 1. The first-order valence-corrected chi connectivity index (χ1v) is 11.5. The second kappa shape index (κ2) is 10.9. The van der Waals surface area contributed by atoms with E-state index in [4.69, 9.17) is 11.6 Å². The number of halogens is 1. The monoisotopic (exact) mass is 416 g/mol. The fraction of sp³-hybridized carbons (Fsp3) is 0.435. The molecule has 0 bridgehead atoms. The molecule has 1 atom stereocenters. The fourth-order valence-electron chi connectivity index (χ4n) is 3.55. The first-order valence-electron chi connectivity index (χ1n) is 9.98. The summed E-state index contributed by atoms with van der Waals surface area (Å²) in [5, 5.41) is 3.94. The number of hydrogen-bond acceptors (Lipinski definition) is 3. The fourth-order valence-corrected chi connectivity index (χ4v) is 4.56. The van der Waals surface area contributed by atoms with Gasteiger partial charge in [0.15, 0.2) is 0 Å². The van der Waals surface area contributed by atoms with Gasteiger partial charge in [-0.2, -0.15) is 11.8 Å². The van der Waals surface area contributed by atoms with Crippen molar-refractivity contribution >= 4 is 29.3 Å². The van der Waals surface area contributed by atoms with Gasteiger partial charge < -0.3 is 5.32 Å². The first kappa shape index (κ1) is 21.2. The van der Waals surface area contributed by atoms with Crippen molar-refractivity contribution < 1.29 is 4.79 Å². The average Bonchev–Trinajstić information content (AvgIpc) is 2.71. The Labute approximate surface area is 177 Å². The second-order valence-electron chi connectivity index (χ2n) is 7.49. The van der Waals surface area contributed by atoms with E-state index < -0.39 is 0 Å². The van der Waals surface area contributed by atoms with Crippen LogP contribution in [-0.4, -0.2) is 36.2 Å². The SMILES string of the molecule is Cc1ccc(CSCCNC(=O)[C@H]2CCCN(Cc3ccccc3Cl)C2)cc1. The number of amides is 1. The van der Waals surface area contributed by atoms with Crippen LogP contribution in [0.15, 0.2) is 48.5 Å². The minimum atomic E-state index is 0.0818. The summed E-state index contributed by atoms with van der Waals surface area (Å²) in [4.78, 5) is 14.9. The quantitative estimate of drug-likeness (QED) is 0.620. The molecule has 1 N–H and O–H groups in total. The minimum Gasteiger partial charge on any atom is -0.355 e. The number of piperidine rings is 1. The van der Waals surface area contributed by atoms with Crippen LogP contribution in [0.3, 0.4) is 0 Å². The third kappa shape index (κ3) is 6.54. The van der Waals surface area contributed by atoms with Crippen molar-refractivity contribution in [3.63, 3.8) is 0 Å². The molecular formula is C23H29ClN2OS. The Kier molecular flexibility index (Phi) is 8.26. The molecule has 3 nitrogen and oxygen atoms in total. The summed E-state index contributed by atoms with van der Waals surface area (Å²) in [5.41, 5.74) is 3.76. The molecule has 5 heteroatoms. The van der Waals surface area contributed by atoms with Gasteiger partial charge in [0, 0.05) is 36.2 Å². The molecule has 3 rings (SSSR count). The number of nitrogens with zero attached hydrogens (tertiary/aromatic N) is 1. The molecule has 2 aromatic carbocycles. The molecule has 1 aliphatic heterocycles. The van der Waals surface area contributed by atoms with Gasteiger partial charge in [-0.1, -0.05) is 59.6 Å². The van der Waals surface area contributed by atoms with Crippen LogP contribution >= 0.6 is 23.4 Å². The summed E-state index contributed by atoms with van der Waals surface area (Å²) in [7, 11) is 0. The van der Waals surface area contributed by atoms with Crippen molar-refractivity contribution in [2.24, 2.45) is 5.92 Å². The molecule has 1 saturated heterocycles. The lowest BCUT2D eigenvalue weighted by Crippen LogP contribution is -2.43. The Morgan fingerprint density at radius 2 is 2.00 bits per heavy atom. The summed E-state index contributed by atoms with van der Waals surface area (Å²) in [6, 6.07) is 16.6. The summed E-state index contributed by atoms with van der Waals surface area (Å²) in [5.74, 6) is 2.21. The van der Waals surface area contributed by atoms with Crippen LogP contribution in [0.25, 0.3) is 0 Å². The van der Waals surface area contributed by atoms with Crippen molar-refractivity contribution in [1.82, 2.24) is 10.2 Å². The maximum Gasteiger partial charge on any atom is 0.224 e. The molecule has 28 heavy (non-hydrogen) atoms. The molecule has 0 unspecified atom stereocenters. The second-order valence-corrected chi connectivity index (χ2v) is 9.01. The smallest absolute Gasteiger partial charge is 0.224 e. The Bertz CT molecular complexity index is 765. The largest absolute Gasteiger partial charge is 0.355 e. The summed E-state index contributed by atoms with van der Waals surface area (Å²) < 4.78 is 0. The topological polar surface area (TPSA) is 32.3 Å². The van der Waals surface area contributed by atoms with Crippen LogP contribution in [0, 0.1) is 12.8 Å². The molecule has 1 heterocycles. The molecule has 0 spiro atoms. The normalized spacial score (nSPS) is 17.4. The molecule has 2 aromatic rings. The molecule has 1 aliphatic rings. The Morgan fingerprint density at radius 1 is 1.21 bits per heavy atom. The van der Waals surface area contributed by atoms with E-state index in [2.05, 4.69) is 47.5 Å². The van der Waals surface area contributed by atoms with Crippen molar-refractivity contribution in [1.29, 1.82) is 0 Å². The van der Waals surface area contributed by atoms with E-state index in [0.29, 0.717) is 0 Å². The number of carbonyl (C=O) groups excluding carboxylic acids is 1. The molecular weight excluding hydrogens is 388 g/mol. The number of thioether (sulfide) groups is 1. The van der Waals surface area contributed by atoms with E-state index in [9.17, 15) is 4.79 Å². The molecule has 0 aromatic heterocycles. The van der Waals surface area contributed by atoms with E-state index in [1.807, 2.05) is 30.0 Å². The van der Waals surface area contributed by atoms with Crippen LogP contribution in [0.4, 0.5) is 0 Å². The first-order chi connectivity index (χ1) is 13.6. The number of benzene rings is 2. The molecule has 0 aliphatic carbocycles. The van der Waals surface area contributed by atoms with Gasteiger partial charge in [0.05, 0.1) is 5.92 Å². The lowest BCUT2D eigenvalue weighted by Gasteiger charge is -2.32. The molecule has 0 radical (unpaired) electrons. The van der Waals surface area contributed by atoms with Gasteiger partial charge in [-0.3, -0.25) is 9.69 Å². The van der Waals surface area contributed by atoms with Gasteiger partial charge in [0.1, 0.15) is 0 Å². The van der Waals surface area contributed by atoms with Gasteiger partial charge in [-0.25, -0.2) is 0 Å². The third-order valence-electron chi connectivity index (χ3n) is 5.16. The van der Waals surface area contributed by atoms with Gasteiger partial charge in [0.2, 0.25) is 5.91 Å². The van der Waals surface area contributed by atoms with Gasteiger partial charge in [-0.05, 0) is 43.5 Å². The van der Waals surface area contributed by atoms with Crippen LogP contribution < -0.4 is 5.32 Å². The molecule has 0 saturated carbocycles. The lowest BCUT2D eigenvalue weighted by molar-refractivity contribution is -0.126. The zero-order valence-corrected chi connectivity index (χ0v) is 18.1. The van der Waals surface area contributed by atoms with Crippen LogP contribution in [0.2, 0.25) is 5.02 Å². The Balaban J connectivity index is 1.36. The number of hydrogen-bond donors (Lipinski definition) is 1. The zero-order valence-electron chi connectivity index (χ0n) is 16.5. The minimum absolute atomic E-state index is 0.0818. The van der Waals surface area contributed by atoms with E-state index in [1.54, 1.807) is 0 Å². The highest BCUT2D eigenvalue weighted by molar-refractivity contribution is 7.98. The van der Waals surface area contributed by atoms with Gasteiger partial charge in [0.25, 0.3) is 0 Å².